The molecule has 6 rings (SSSR count). The minimum Gasteiger partial charge on any atom is -0.370 e. The Labute approximate surface area is 188 Å². The largest absolute Gasteiger partial charge is 0.370 e. The van der Waals surface area contributed by atoms with Crippen molar-refractivity contribution in [2.75, 3.05) is 23.5 Å². The maximum absolute atomic E-state index is 14.6. The minimum atomic E-state index is -1.02. The zero-order chi connectivity index (χ0) is 23.0. The molecule has 0 radical (unpaired) electrons. The standard InChI is InChI=1S/C22H21FN6O4/c1-21(6-3-9-32-21)29-16-12(10-24)13(23)4-5-14(16)28-11-25-15(17(28)19(29)30)18-26-20(27-33-18)22(31-2)7-8-22/h4-5,11,15,17H,3,6-9H2,1-2H3. The van der Waals surface area contributed by atoms with E-state index in [1.807, 2.05) is 6.07 Å². The fourth-order valence-electron chi connectivity index (χ4n) is 5.04. The van der Waals surface area contributed by atoms with Gasteiger partial charge in [-0.2, -0.15) is 10.2 Å². The molecule has 1 aromatic heterocycles. The van der Waals surface area contributed by atoms with Gasteiger partial charge in [0, 0.05) is 13.7 Å². The molecule has 1 aliphatic carbocycles. The van der Waals surface area contributed by atoms with E-state index in [1.54, 1.807) is 25.0 Å². The number of amides is 1. The maximum atomic E-state index is 14.6. The van der Waals surface area contributed by atoms with Gasteiger partial charge in [-0.1, -0.05) is 5.16 Å². The monoisotopic (exact) mass is 452 g/mol. The van der Waals surface area contributed by atoms with Crippen LogP contribution < -0.4 is 9.80 Å². The quantitative estimate of drug-likeness (QED) is 0.695. The van der Waals surface area contributed by atoms with E-state index in [2.05, 4.69) is 15.1 Å². The maximum Gasteiger partial charge on any atom is 0.255 e. The third-order valence-corrected chi connectivity index (χ3v) is 7.01. The molecule has 1 aromatic carbocycles. The van der Waals surface area contributed by atoms with E-state index in [0.29, 0.717) is 24.5 Å². The third kappa shape index (κ3) is 2.71. The molecule has 33 heavy (non-hydrogen) atoms. The van der Waals surface area contributed by atoms with Crippen LogP contribution in [-0.4, -0.2) is 47.9 Å². The van der Waals surface area contributed by atoms with E-state index in [1.165, 1.54) is 17.3 Å². The molecule has 1 saturated heterocycles. The van der Waals surface area contributed by atoms with Crippen molar-refractivity contribution in [1.82, 2.24) is 10.1 Å². The number of anilines is 2. The van der Waals surface area contributed by atoms with E-state index in [-0.39, 0.29) is 23.0 Å². The second kappa shape index (κ2) is 6.82. The Morgan fingerprint density at radius 1 is 1.33 bits per heavy atom. The van der Waals surface area contributed by atoms with Gasteiger partial charge in [0.25, 0.3) is 11.8 Å². The first kappa shape index (κ1) is 20.3. The molecule has 4 aliphatic rings. The van der Waals surface area contributed by atoms with Crippen LogP contribution in [0.3, 0.4) is 0 Å². The number of carbonyl (C=O) groups excluding carboxylic acids is 1. The van der Waals surface area contributed by atoms with Crippen molar-refractivity contribution in [3.05, 3.63) is 35.2 Å². The lowest BCUT2D eigenvalue weighted by atomic mass is 9.95. The molecule has 11 heteroatoms. The molecule has 2 aromatic rings. The number of fused-ring (bicyclic) bond motifs is 3. The molecule has 10 nitrogen and oxygen atoms in total. The summed E-state index contributed by atoms with van der Waals surface area (Å²) in [6.45, 7) is 2.25. The van der Waals surface area contributed by atoms with Crippen LogP contribution >= 0.6 is 0 Å². The Morgan fingerprint density at radius 3 is 2.82 bits per heavy atom. The molecular formula is C22H21FN6O4. The first-order valence-corrected chi connectivity index (χ1v) is 10.8. The smallest absolute Gasteiger partial charge is 0.255 e. The average molecular weight is 452 g/mol. The summed E-state index contributed by atoms with van der Waals surface area (Å²) in [6, 6.07) is 3.10. The van der Waals surface area contributed by atoms with Crippen molar-refractivity contribution in [3.8, 4) is 6.07 Å². The summed E-state index contributed by atoms with van der Waals surface area (Å²) in [4.78, 5) is 26.1. The summed E-state index contributed by atoms with van der Waals surface area (Å²) in [6.07, 6.45) is 4.40. The van der Waals surface area contributed by atoms with Gasteiger partial charge in [0.2, 0.25) is 5.82 Å². The SMILES string of the molecule is COC1(c2noc(C3N=CN4c5ccc(F)c(C#N)c5N(C5(C)CCCO5)C(=O)C34)n2)CC1. The molecule has 1 amide bonds. The van der Waals surface area contributed by atoms with Gasteiger partial charge in [-0.25, -0.2) is 4.39 Å². The van der Waals surface area contributed by atoms with Crippen LogP contribution in [0.25, 0.3) is 0 Å². The lowest BCUT2D eigenvalue weighted by molar-refractivity contribution is -0.125. The van der Waals surface area contributed by atoms with Gasteiger partial charge in [-0.05, 0) is 44.7 Å². The molecule has 0 N–H and O–H groups in total. The number of nitrogens with zero attached hydrogens (tertiary/aromatic N) is 6. The van der Waals surface area contributed by atoms with Gasteiger partial charge in [-0.15, -0.1) is 0 Å². The van der Waals surface area contributed by atoms with E-state index in [9.17, 15) is 14.4 Å². The number of carbonyl (C=O) groups is 1. The van der Waals surface area contributed by atoms with Gasteiger partial charge in [-0.3, -0.25) is 14.7 Å². The second-order valence-corrected chi connectivity index (χ2v) is 8.92. The average Bonchev–Trinajstić information content (AvgIpc) is 3.15. The van der Waals surface area contributed by atoms with E-state index < -0.39 is 29.2 Å². The summed E-state index contributed by atoms with van der Waals surface area (Å²) in [7, 11) is 1.60. The topological polar surface area (TPSA) is 117 Å². The first-order valence-electron chi connectivity index (χ1n) is 10.8. The zero-order valence-electron chi connectivity index (χ0n) is 18.1. The Bertz CT molecular complexity index is 1230. The van der Waals surface area contributed by atoms with Gasteiger partial charge < -0.3 is 18.9 Å². The van der Waals surface area contributed by atoms with Crippen molar-refractivity contribution in [2.45, 2.75) is 56.0 Å². The van der Waals surface area contributed by atoms with Crippen LogP contribution in [0.2, 0.25) is 0 Å². The highest BCUT2D eigenvalue weighted by Gasteiger charge is 2.55. The van der Waals surface area contributed by atoms with Crippen LogP contribution in [0.1, 0.15) is 55.9 Å². The first-order chi connectivity index (χ1) is 15.9. The highest BCUT2D eigenvalue weighted by atomic mass is 19.1. The van der Waals surface area contributed by atoms with Crippen molar-refractivity contribution in [3.63, 3.8) is 0 Å². The number of methoxy groups -OCH3 is 1. The lowest BCUT2D eigenvalue weighted by Gasteiger charge is -2.46. The molecular weight excluding hydrogens is 431 g/mol. The highest BCUT2D eigenvalue weighted by Crippen LogP contribution is 2.50. The molecule has 0 spiro atoms. The predicted molar refractivity (Wildman–Crippen MR) is 112 cm³/mol. The fraction of sp³-hybridized carbons (Fsp3) is 0.500. The molecule has 3 atom stereocenters. The zero-order valence-corrected chi connectivity index (χ0v) is 18.1. The number of nitriles is 1. The summed E-state index contributed by atoms with van der Waals surface area (Å²) in [5.41, 5.74) is -1.07. The van der Waals surface area contributed by atoms with Crippen LogP contribution in [-0.2, 0) is 19.9 Å². The van der Waals surface area contributed by atoms with Crippen LogP contribution in [0.5, 0.6) is 0 Å². The second-order valence-electron chi connectivity index (χ2n) is 8.92. The number of hydrogen-bond acceptors (Lipinski definition) is 9. The number of aliphatic imine (C=N–C) groups is 1. The number of hydrogen-bond donors (Lipinski definition) is 0. The minimum absolute atomic E-state index is 0.192. The predicted octanol–water partition coefficient (Wildman–Crippen LogP) is 2.55. The Hall–Kier alpha value is -3.36. The van der Waals surface area contributed by atoms with E-state index in [0.717, 1.165) is 19.3 Å². The molecule has 170 valence electrons. The van der Waals surface area contributed by atoms with Crippen molar-refractivity contribution in [1.29, 1.82) is 5.26 Å². The molecule has 3 aliphatic heterocycles. The van der Waals surface area contributed by atoms with Crippen molar-refractivity contribution in [2.24, 2.45) is 4.99 Å². The fourth-order valence-corrected chi connectivity index (χ4v) is 5.04. The van der Waals surface area contributed by atoms with E-state index >= 15 is 0 Å². The van der Waals surface area contributed by atoms with Gasteiger partial charge in [0.05, 0.1) is 17.7 Å². The molecule has 2 fully saturated rings. The molecule has 1 saturated carbocycles. The number of aromatic nitrogens is 2. The molecule has 3 unspecified atom stereocenters. The third-order valence-electron chi connectivity index (χ3n) is 7.01. The van der Waals surface area contributed by atoms with Gasteiger partial charge in [0.1, 0.15) is 34.8 Å². The Kier molecular flexibility index (Phi) is 4.19. The normalized spacial score (nSPS) is 29.2. The van der Waals surface area contributed by atoms with Crippen molar-refractivity contribution < 1.29 is 23.2 Å². The number of ether oxygens (including phenoxy) is 2. The number of rotatable bonds is 4. The Morgan fingerprint density at radius 2 is 2.15 bits per heavy atom. The van der Waals surface area contributed by atoms with Crippen LogP contribution in [0, 0.1) is 17.1 Å². The lowest BCUT2D eigenvalue weighted by Crippen LogP contribution is -2.60. The molecule has 0 bridgehead atoms. The van der Waals surface area contributed by atoms with E-state index in [4.69, 9.17) is 14.0 Å². The van der Waals surface area contributed by atoms with Crippen molar-refractivity contribution >= 4 is 23.6 Å². The van der Waals surface area contributed by atoms with Crippen LogP contribution in [0.15, 0.2) is 21.6 Å². The van der Waals surface area contributed by atoms with Gasteiger partial charge in [0.15, 0.2) is 6.04 Å². The summed E-state index contributed by atoms with van der Waals surface area (Å²) in [5, 5.41) is 13.8. The summed E-state index contributed by atoms with van der Waals surface area (Å²) < 4.78 is 31.6. The molecule has 4 heterocycles. The Balaban J connectivity index is 1.47. The summed E-state index contributed by atoms with van der Waals surface area (Å²) in [5.74, 6) is -0.426. The highest BCUT2D eigenvalue weighted by molar-refractivity contribution is 6.13. The van der Waals surface area contributed by atoms with Crippen LogP contribution in [0.4, 0.5) is 15.8 Å². The number of benzene rings is 1. The van der Waals surface area contributed by atoms with Gasteiger partial charge >= 0.3 is 0 Å². The number of halogens is 1. The summed E-state index contributed by atoms with van der Waals surface area (Å²) >= 11 is 0.